The number of amides is 1. The van der Waals surface area contributed by atoms with Crippen molar-refractivity contribution in [1.29, 1.82) is 0 Å². The van der Waals surface area contributed by atoms with Gasteiger partial charge in [0.25, 0.3) is 0 Å². The van der Waals surface area contributed by atoms with E-state index in [1.807, 2.05) is 17.0 Å². The van der Waals surface area contributed by atoms with Crippen LogP contribution >= 0.6 is 0 Å². The number of piperidine rings is 1. The molecule has 1 amide bonds. The lowest BCUT2D eigenvalue weighted by atomic mass is 9.84. The third-order valence-corrected chi connectivity index (χ3v) is 5.96. The second-order valence-electron chi connectivity index (χ2n) is 7.26. The zero-order chi connectivity index (χ0) is 16.7. The number of fused-ring (bicyclic) bond motifs is 3. The highest BCUT2D eigenvalue weighted by Crippen LogP contribution is 2.47. The van der Waals surface area contributed by atoms with E-state index >= 15 is 0 Å². The molecule has 0 N–H and O–H groups in total. The van der Waals surface area contributed by atoms with E-state index in [2.05, 4.69) is 24.1 Å². The number of benzene rings is 1. The van der Waals surface area contributed by atoms with Gasteiger partial charge in [-0.05, 0) is 26.0 Å². The standard InChI is InChI=1S/C19H26N2O3/c1-20-11-15(19(22)21-9-7-13(23-2)8-10-21)16-12-24-17-6-4-3-5-14(17)18(16)20/h3-6,13,15-16,18H,7-12H2,1-2H3/t15-,16+,18+/m1/s1. The van der Waals surface area contributed by atoms with Crippen LogP contribution in [0.25, 0.3) is 0 Å². The minimum Gasteiger partial charge on any atom is -0.493 e. The van der Waals surface area contributed by atoms with Gasteiger partial charge < -0.3 is 14.4 Å². The highest BCUT2D eigenvalue weighted by atomic mass is 16.5. The minimum absolute atomic E-state index is 0.0347. The predicted molar refractivity (Wildman–Crippen MR) is 90.9 cm³/mol. The minimum atomic E-state index is 0.0347. The average molecular weight is 330 g/mol. The van der Waals surface area contributed by atoms with Gasteiger partial charge >= 0.3 is 0 Å². The third-order valence-electron chi connectivity index (χ3n) is 5.96. The summed E-state index contributed by atoms with van der Waals surface area (Å²) >= 11 is 0. The lowest BCUT2D eigenvalue weighted by Crippen LogP contribution is -2.46. The molecule has 24 heavy (non-hydrogen) atoms. The van der Waals surface area contributed by atoms with Crippen LogP contribution in [0.15, 0.2) is 24.3 Å². The van der Waals surface area contributed by atoms with Crippen molar-refractivity contribution >= 4 is 5.91 Å². The summed E-state index contributed by atoms with van der Waals surface area (Å²) in [5.74, 6) is 1.55. The van der Waals surface area contributed by atoms with Crippen molar-refractivity contribution in [2.24, 2.45) is 11.8 Å². The first-order valence-corrected chi connectivity index (χ1v) is 8.92. The van der Waals surface area contributed by atoms with E-state index in [9.17, 15) is 4.79 Å². The van der Waals surface area contributed by atoms with Crippen LogP contribution < -0.4 is 4.74 Å². The largest absolute Gasteiger partial charge is 0.493 e. The number of carbonyl (C=O) groups is 1. The maximum absolute atomic E-state index is 13.1. The van der Waals surface area contributed by atoms with Crippen LogP contribution in [0.2, 0.25) is 0 Å². The van der Waals surface area contributed by atoms with Crippen molar-refractivity contribution < 1.29 is 14.3 Å². The fraction of sp³-hybridized carbons (Fsp3) is 0.632. The van der Waals surface area contributed by atoms with Crippen molar-refractivity contribution in [3.05, 3.63) is 29.8 Å². The van der Waals surface area contributed by atoms with Crippen LogP contribution in [0, 0.1) is 11.8 Å². The number of hydrogen-bond donors (Lipinski definition) is 0. The van der Waals surface area contributed by atoms with Gasteiger partial charge in [0.05, 0.1) is 18.6 Å². The maximum atomic E-state index is 13.1. The zero-order valence-electron chi connectivity index (χ0n) is 14.5. The summed E-state index contributed by atoms with van der Waals surface area (Å²) in [6.07, 6.45) is 2.19. The highest BCUT2D eigenvalue weighted by Gasteiger charge is 2.48. The van der Waals surface area contributed by atoms with E-state index in [4.69, 9.17) is 9.47 Å². The molecule has 0 aromatic heterocycles. The molecule has 3 aliphatic rings. The number of hydrogen-bond acceptors (Lipinski definition) is 4. The van der Waals surface area contributed by atoms with Crippen LogP contribution in [0.4, 0.5) is 0 Å². The van der Waals surface area contributed by atoms with Gasteiger partial charge in [-0.25, -0.2) is 0 Å². The second-order valence-corrected chi connectivity index (χ2v) is 7.26. The Bertz CT molecular complexity index is 612. The molecular formula is C19H26N2O3. The first-order valence-electron chi connectivity index (χ1n) is 8.92. The van der Waals surface area contributed by atoms with Gasteiger partial charge in [-0.1, -0.05) is 18.2 Å². The summed E-state index contributed by atoms with van der Waals surface area (Å²) in [6.45, 7) is 3.08. The molecule has 130 valence electrons. The Kier molecular flexibility index (Phi) is 4.22. The van der Waals surface area contributed by atoms with Gasteiger partial charge in [-0.3, -0.25) is 9.69 Å². The predicted octanol–water partition coefficient (Wildman–Crippen LogP) is 1.94. The third kappa shape index (κ3) is 2.60. The van der Waals surface area contributed by atoms with Crippen LogP contribution in [0.3, 0.4) is 0 Å². The number of rotatable bonds is 2. The normalized spacial score (nSPS) is 30.6. The second kappa shape index (κ2) is 6.37. The van der Waals surface area contributed by atoms with E-state index in [1.54, 1.807) is 7.11 Å². The Morgan fingerprint density at radius 3 is 2.75 bits per heavy atom. The van der Waals surface area contributed by atoms with Gasteiger partial charge in [-0.15, -0.1) is 0 Å². The topological polar surface area (TPSA) is 42.0 Å². The summed E-state index contributed by atoms with van der Waals surface area (Å²) in [4.78, 5) is 17.5. The molecule has 0 spiro atoms. The molecular weight excluding hydrogens is 304 g/mol. The average Bonchev–Trinajstić information content (AvgIpc) is 2.98. The zero-order valence-corrected chi connectivity index (χ0v) is 14.5. The molecule has 1 aromatic carbocycles. The Hall–Kier alpha value is -1.59. The lowest BCUT2D eigenvalue weighted by Gasteiger charge is -2.36. The number of methoxy groups -OCH3 is 1. The first-order chi connectivity index (χ1) is 11.7. The van der Waals surface area contributed by atoms with Crippen molar-refractivity contribution in [2.45, 2.75) is 25.0 Å². The molecule has 5 heteroatoms. The Labute approximate surface area is 143 Å². The summed E-state index contributed by atoms with van der Waals surface area (Å²) in [7, 11) is 3.89. The smallest absolute Gasteiger partial charge is 0.227 e. The molecule has 0 aliphatic carbocycles. The Balaban J connectivity index is 1.51. The monoisotopic (exact) mass is 330 g/mol. The van der Waals surface area contributed by atoms with Gasteiger partial charge in [-0.2, -0.15) is 0 Å². The quantitative estimate of drug-likeness (QED) is 0.831. The molecule has 5 nitrogen and oxygen atoms in total. The summed E-state index contributed by atoms with van der Waals surface area (Å²) < 4.78 is 11.4. The van der Waals surface area contributed by atoms with Gasteiger partial charge in [0.1, 0.15) is 5.75 Å². The van der Waals surface area contributed by atoms with Crippen molar-refractivity contribution in [3.63, 3.8) is 0 Å². The van der Waals surface area contributed by atoms with Crippen molar-refractivity contribution in [2.75, 3.05) is 40.4 Å². The number of nitrogens with zero attached hydrogens (tertiary/aromatic N) is 2. The number of para-hydroxylation sites is 1. The molecule has 2 saturated heterocycles. The van der Waals surface area contributed by atoms with E-state index in [-0.39, 0.29) is 11.8 Å². The number of likely N-dealkylation sites (tertiary alicyclic amines) is 2. The molecule has 1 aromatic rings. The molecule has 0 radical (unpaired) electrons. The highest BCUT2D eigenvalue weighted by molar-refractivity contribution is 5.80. The van der Waals surface area contributed by atoms with Gasteiger partial charge in [0.15, 0.2) is 0 Å². The van der Waals surface area contributed by atoms with Crippen LogP contribution in [-0.2, 0) is 9.53 Å². The lowest BCUT2D eigenvalue weighted by molar-refractivity contribution is -0.139. The van der Waals surface area contributed by atoms with E-state index in [0.29, 0.717) is 24.7 Å². The molecule has 3 aliphatic heterocycles. The number of carbonyl (C=O) groups excluding carboxylic acids is 1. The molecule has 4 rings (SSSR count). The van der Waals surface area contributed by atoms with Crippen LogP contribution in [0.5, 0.6) is 5.75 Å². The van der Waals surface area contributed by atoms with E-state index < -0.39 is 0 Å². The van der Waals surface area contributed by atoms with Crippen molar-refractivity contribution in [1.82, 2.24) is 9.80 Å². The number of ether oxygens (including phenoxy) is 2. The molecule has 0 saturated carbocycles. The molecule has 0 unspecified atom stereocenters. The Morgan fingerprint density at radius 2 is 2.00 bits per heavy atom. The SMILES string of the molecule is COC1CCN(C(=O)[C@@H]2CN(C)[C@H]3c4ccccc4OC[C@@H]23)CC1. The summed E-state index contributed by atoms with van der Waals surface area (Å²) in [5, 5.41) is 0. The first kappa shape index (κ1) is 15.9. The van der Waals surface area contributed by atoms with E-state index in [0.717, 1.165) is 38.2 Å². The van der Waals surface area contributed by atoms with Gasteiger partial charge in [0.2, 0.25) is 5.91 Å². The fourth-order valence-electron chi connectivity index (χ4n) is 4.63. The molecule has 0 bridgehead atoms. The van der Waals surface area contributed by atoms with Crippen molar-refractivity contribution in [3.8, 4) is 5.75 Å². The fourth-order valence-corrected chi connectivity index (χ4v) is 4.63. The van der Waals surface area contributed by atoms with Gasteiger partial charge in [0, 0.05) is 44.3 Å². The molecule has 3 heterocycles. The van der Waals surface area contributed by atoms with Crippen LogP contribution in [-0.4, -0.2) is 62.2 Å². The Morgan fingerprint density at radius 1 is 1.25 bits per heavy atom. The van der Waals surface area contributed by atoms with Crippen LogP contribution in [0.1, 0.15) is 24.4 Å². The summed E-state index contributed by atoms with van der Waals surface area (Å²) in [5.41, 5.74) is 1.23. The van der Waals surface area contributed by atoms with E-state index in [1.165, 1.54) is 5.56 Å². The summed E-state index contributed by atoms with van der Waals surface area (Å²) in [6, 6.07) is 8.53. The molecule has 2 fully saturated rings. The maximum Gasteiger partial charge on any atom is 0.227 e. The molecule has 3 atom stereocenters.